The van der Waals surface area contributed by atoms with Crippen LogP contribution in [-0.2, 0) is 11.3 Å². The minimum Gasteiger partial charge on any atom is -0.385 e. The number of rotatable bonds is 7. The van der Waals surface area contributed by atoms with Gasteiger partial charge in [-0.2, -0.15) is 13.2 Å². The van der Waals surface area contributed by atoms with Crippen LogP contribution in [0.3, 0.4) is 0 Å². The van der Waals surface area contributed by atoms with Crippen LogP contribution in [0.1, 0.15) is 18.5 Å². The predicted molar refractivity (Wildman–Crippen MR) is 62.6 cm³/mol. The molecule has 0 saturated carbocycles. The molecule has 0 saturated heterocycles. The molecule has 0 unspecified atom stereocenters. The molecule has 104 valence electrons. The summed E-state index contributed by atoms with van der Waals surface area (Å²) in [5, 5.41) is 3.01. The quantitative estimate of drug-likeness (QED) is 0.770. The number of aryl methyl sites for hydroxylation is 2. The number of alkyl halides is 3. The number of anilines is 1. The summed E-state index contributed by atoms with van der Waals surface area (Å²) in [5.41, 5.74) is 0.700. The third kappa shape index (κ3) is 5.39. The summed E-state index contributed by atoms with van der Waals surface area (Å²) in [4.78, 5) is 4.15. The molecule has 0 spiro atoms. The van der Waals surface area contributed by atoms with E-state index in [-0.39, 0.29) is 6.54 Å². The Balaban J connectivity index is 2.51. The van der Waals surface area contributed by atoms with E-state index in [0.717, 1.165) is 6.42 Å². The van der Waals surface area contributed by atoms with Crippen LogP contribution in [0.25, 0.3) is 0 Å². The minimum absolute atomic E-state index is 0.114. The van der Waals surface area contributed by atoms with Gasteiger partial charge >= 0.3 is 6.18 Å². The zero-order chi connectivity index (χ0) is 13.6. The van der Waals surface area contributed by atoms with Gasteiger partial charge in [-0.1, -0.05) is 0 Å². The van der Waals surface area contributed by atoms with Crippen molar-refractivity contribution in [1.29, 1.82) is 0 Å². The number of ether oxygens (including phenoxy) is 1. The molecule has 1 heterocycles. The SMILES string of the molecule is COCCCNc1nc(C)cn1CCC(F)(F)F. The Bertz CT molecular complexity index is 363. The first-order valence-corrected chi connectivity index (χ1v) is 5.75. The second-order valence-electron chi connectivity index (χ2n) is 4.04. The van der Waals surface area contributed by atoms with Crippen LogP contribution in [0.15, 0.2) is 6.20 Å². The standard InChI is InChI=1S/C11H18F3N3O/c1-9-8-17(6-4-11(12,13)14)10(16-9)15-5-3-7-18-2/h8H,3-7H2,1-2H3,(H,15,16). The smallest absolute Gasteiger partial charge is 0.385 e. The number of methoxy groups -OCH3 is 1. The highest BCUT2D eigenvalue weighted by molar-refractivity contribution is 5.28. The van der Waals surface area contributed by atoms with Crippen molar-refractivity contribution in [3.05, 3.63) is 11.9 Å². The van der Waals surface area contributed by atoms with E-state index in [1.54, 1.807) is 20.2 Å². The van der Waals surface area contributed by atoms with Gasteiger partial charge in [0.25, 0.3) is 0 Å². The summed E-state index contributed by atoms with van der Waals surface area (Å²) in [6, 6.07) is 0. The van der Waals surface area contributed by atoms with Crippen LogP contribution in [0, 0.1) is 6.92 Å². The van der Waals surface area contributed by atoms with Gasteiger partial charge in [-0.25, -0.2) is 4.98 Å². The molecule has 1 rings (SSSR count). The van der Waals surface area contributed by atoms with E-state index in [2.05, 4.69) is 10.3 Å². The van der Waals surface area contributed by atoms with Crippen LogP contribution in [0.2, 0.25) is 0 Å². The minimum atomic E-state index is -4.15. The highest BCUT2D eigenvalue weighted by Gasteiger charge is 2.27. The molecule has 0 aliphatic rings. The predicted octanol–water partition coefficient (Wildman–Crippen LogP) is 2.59. The van der Waals surface area contributed by atoms with Gasteiger partial charge in [0, 0.05) is 33.0 Å². The molecule has 7 heteroatoms. The summed E-state index contributed by atoms with van der Waals surface area (Å²) < 4.78 is 42.9. The first-order chi connectivity index (χ1) is 8.42. The molecule has 18 heavy (non-hydrogen) atoms. The molecule has 1 aromatic heterocycles. The monoisotopic (exact) mass is 265 g/mol. The summed E-state index contributed by atoms with van der Waals surface area (Å²) >= 11 is 0. The van der Waals surface area contributed by atoms with E-state index in [4.69, 9.17) is 4.74 Å². The Morgan fingerprint density at radius 1 is 1.44 bits per heavy atom. The molecule has 0 fully saturated rings. The van der Waals surface area contributed by atoms with E-state index < -0.39 is 12.6 Å². The van der Waals surface area contributed by atoms with Crippen molar-refractivity contribution in [2.24, 2.45) is 0 Å². The average Bonchev–Trinajstić information content (AvgIpc) is 2.62. The largest absolute Gasteiger partial charge is 0.390 e. The summed E-state index contributed by atoms with van der Waals surface area (Å²) in [6.45, 7) is 2.87. The van der Waals surface area contributed by atoms with Crippen molar-refractivity contribution in [2.45, 2.75) is 32.5 Å². The number of imidazole rings is 1. The second kappa shape index (κ2) is 6.63. The maximum absolute atomic E-state index is 12.2. The maximum Gasteiger partial charge on any atom is 0.390 e. The lowest BCUT2D eigenvalue weighted by atomic mass is 10.4. The fourth-order valence-electron chi connectivity index (χ4n) is 1.52. The highest BCUT2D eigenvalue weighted by atomic mass is 19.4. The highest BCUT2D eigenvalue weighted by Crippen LogP contribution is 2.21. The van der Waals surface area contributed by atoms with Crippen LogP contribution in [0.5, 0.6) is 0 Å². The molecule has 0 atom stereocenters. The molecule has 0 bridgehead atoms. The van der Waals surface area contributed by atoms with Crippen molar-refractivity contribution >= 4 is 5.95 Å². The van der Waals surface area contributed by atoms with Crippen molar-refractivity contribution in [3.63, 3.8) is 0 Å². The fourth-order valence-corrected chi connectivity index (χ4v) is 1.52. The van der Waals surface area contributed by atoms with Crippen molar-refractivity contribution in [3.8, 4) is 0 Å². The maximum atomic E-state index is 12.2. The molecule has 0 aliphatic heterocycles. The van der Waals surface area contributed by atoms with E-state index in [9.17, 15) is 13.2 Å². The third-order valence-electron chi connectivity index (χ3n) is 2.34. The van der Waals surface area contributed by atoms with Crippen LogP contribution in [0.4, 0.5) is 19.1 Å². The number of hydrogen-bond acceptors (Lipinski definition) is 3. The summed E-state index contributed by atoms with van der Waals surface area (Å²) in [5.74, 6) is 0.479. The van der Waals surface area contributed by atoms with Gasteiger partial charge < -0.3 is 14.6 Å². The molecule has 1 aromatic rings. The van der Waals surface area contributed by atoms with Gasteiger partial charge in [-0.3, -0.25) is 0 Å². The first-order valence-electron chi connectivity index (χ1n) is 5.75. The summed E-state index contributed by atoms with van der Waals surface area (Å²) in [6.07, 6.45) is -2.60. The van der Waals surface area contributed by atoms with E-state index >= 15 is 0 Å². The molecule has 0 aliphatic carbocycles. The van der Waals surface area contributed by atoms with E-state index in [1.165, 1.54) is 4.57 Å². The van der Waals surface area contributed by atoms with Gasteiger partial charge in [0.1, 0.15) is 0 Å². The second-order valence-corrected chi connectivity index (χ2v) is 4.04. The molecule has 0 aromatic carbocycles. The van der Waals surface area contributed by atoms with E-state index in [0.29, 0.717) is 24.8 Å². The number of aromatic nitrogens is 2. The Morgan fingerprint density at radius 2 is 2.17 bits per heavy atom. The molecule has 1 N–H and O–H groups in total. The van der Waals surface area contributed by atoms with Gasteiger partial charge in [-0.15, -0.1) is 0 Å². The Morgan fingerprint density at radius 3 is 2.78 bits per heavy atom. The first kappa shape index (κ1) is 14.8. The Kier molecular flexibility index (Phi) is 5.46. The topological polar surface area (TPSA) is 39.1 Å². The number of nitrogens with zero attached hydrogens (tertiary/aromatic N) is 2. The lowest BCUT2D eigenvalue weighted by molar-refractivity contribution is -0.136. The molecular formula is C11H18F3N3O. The lowest BCUT2D eigenvalue weighted by Gasteiger charge is -2.11. The molecular weight excluding hydrogens is 247 g/mol. The fraction of sp³-hybridized carbons (Fsp3) is 0.727. The zero-order valence-corrected chi connectivity index (χ0v) is 10.5. The van der Waals surface area contributed by atoms with Gasteiger partial charge in [0.15, 0.2) is 0 Å². The van der Waals surface area contributed by atoms with Gasteiger partial charge in [-0.05, 0) is 13.3 Å². The van der Waals surface area contributed by atoms with Crippen molar-refractivity contribution in [1.82, 2.24) is 9.55 Å². The average molecular weight is 265 g/mol. The van der Waals surface area contributed by atoms with Crippen LogP contribution >= 0.6 is 0 Å². The number of hydrogen-bond donors (Lipinski definition) is 1. The van der Waals surface area contributed by atoms with Gasteiger partial charge in [0.2, 0.25) is 5.95 Å². The Hall–Kier alpha value is -1.24. The third-order valence-corrected chi connectivity index (χ3v) is 2.34. The van der Waals surface area contributed by atoms with Crippen LogP contribution < -0.4 is 5.32 Å². The molecule has 4 nitrogen and oxygen atoms in total. The normalized spacial score (nSPS) is 11.8. The Labute approximate surface area is 104 Å². The number of halogens is 3. The lowest BCUT2D eigenvalue weighted by Crippen LogP contribution is -2.15. The summed E-state index contributed by atoms with van der Waals surface area (Å²) in [7, 11) is 1.61. The van der Waals surface area contributed by atoms with Crippen molar-refractivity contribution < 1.29 is 17.9 Å². The number of nitrogens with one attached hydrogen (secondary N) is 1. The van der Waals surface area contributed by atoms with Crippen molar-refractivity contribution in [2.75, 3.05) is 25.6 Å². The van der Waals surface area contributed by atoms with E-state index in [1.807, 2.05) is 0 Å². The molecule has 0 amide bonds. The zero-order valence-electron chi connectivity index (χ0n) is 10.5. The molecule has 0 radical (unpaired) electrons. The van der Waals surface area contributed by atoms with Gasteiger partial charge in [0.05, 0.1) is 12.1 Å². The van der Waals surface area contributed by atoms with Crippen LogP contribution in [-0.4, -0.2) is 36.0 Å².